The third-order valence-corrected chi connectivity index (χ3v) is 2.85. The first-order chi connectivity index (χ1) is 6.79. The first-order valence-electron chi connectivity index (χ1n) is 5.86. The van der Waals surface area contributed by atoms with Crippen LogP contribution in [0.15, 0.2) is 0 Å². The van der Waals surface area contributed by atoms with Gasteiger partial charge in [0.15, 0.2) is 0 Å². The van der Waals surface area contributed by atoms with Crippen LogP contribution in [0.1, 0.15) is 41.0 Å². The highest BCUT2D eigenvalue weighted by atomic mass is 15.1. The summed E-state index contributed by atoms with van der Waals surface area (Å²) in [5, 5.41) is 7.50. The standard InChI is InChI=1S/C12H27N3/c1-6-15(9-10(2)3)8-7-12(4,5)11(13)14/h10H,6-9H2,1-5H3,(H3,13,14). The average molecular weight is 213 g/mol. The minimum atomic E-state index is -0.162. The molecule has 0 radical (unpaired) electrons. The molecule has 3 N–H and O–H groups in total. The molecule has 0 aliphatic heterocycles. The fraction of sp³-hybridized carbons (Fsp3) is 0.917. The van der Waals surface area contributed by atoms with E-state index in [0.29, 0.717) is 11.8 Å². The molecule has 0 spiro atoms. The maximum atomic E-state index is 7.50. The van der Waals surface area contributed by atoms with Crippen molar-refractivity contribution >= 4 is 5.84 Å². The van der Waals surface area contributed by atoms with E-state index >= 15 is 0 Å². The number of hydrogen-bond donors (Lipinski definition) is 2. The Bertz CT molecular complexity index is 197. The quantitative estimate of drug-likeness (QED) is 0.504. The van der Waals surface area contributed by atoms with Gasteiger partial charge in [0.1, 0.15) is 0 Å². The molecular formula is C12H27N3. The largest absolute Gasteiger partial charge is 0.387 e. The summed E-state index contributed by atoms with van der Waals surface area (Å²) < 4.78 is 0. The number of amidine groups is 1. The first kappa shape index (κ1) is 14.4. The molecule has 0 atom stereocenters. The maximum Gasteiger partial charge on any atom is 0.0963 e. The third-order valence-electron chi connectivity index (χ3n) is 2.85. The second kappa shape index (κ2) is 6.11. The van der Waals surface area contributed by atoms with Crippen LogP contribution in [0.2, 0.25) is 0 Å². The molecule has 0 bridgehead atoms. The zero-order valence-electron chi connectivity index (χ0n) is 10.9. The lowest BCUT2D eigenvalue weighted by Crippen LogP contribution is -2.36. The van der Waals surface area contributed by atoms with Crippen molar-refractivity contribution in [2.45, 2.75) is 41.0 Å². The molecule has 0 aromatic carbocycles. The van der Waals surface area contributed by atoms with Crippen LogP contribution in [0.3, 0.4) is 0 Å². The molecule has 15 heavy (non-hydrogen) atoms. The lowest BCUT2D eigenvalue weighted by molar-refractivity contribution is 0.231. The number of nitrogens with one attached hydrogen (secondary N) is 1. The second-order valence-electron chi connectivity index (χ2n) is 5.33. The molecule has 0 aromatic heterocycles. The van der Waals surface area contributed by atoms with E-state index in [4.69, 9.17) is 11.1 Å². The van der Waals surface area contributed by atoms with Crippen molar-refractivity contribution in [2.75, 3.05) is 19.6 Å². The van der Waals surface area contributed by atoms with Crippen LogP contribution in [0.5, 0.6) is 0 Å². The summed E-state index contributed by atoms with van der Waals surface area (Å²) >= 11 is 0. The molecule has 0 heterocycles. The van der Waals surface area contributed by atoms with Gasteiger partial charge in [0.2, 0.25) is 0 Å². The van der Waals surface area contributed by atoms with Gasteiger partial charge < -0.3 is 10.6 Å². The maximum absolute atomic E-state index is 7.50. The van der Waals surface area contributed by atoms with E-state index in [1.165, 1.54) is 0 Å². The van der Waals surface area contributed by atoms with Crippen molar-refractivity contribution in [3.05, 3.63) is 0 Å². The molecule has 90 valence electrons. The lowest BCUT2D eigenvalue weighted by Gasteiger charge is -2.28. The number of nitrogens with two attached hydrogens (primary N) is 1. The molecular weight excluding hydrogens is 186 g/mol. The predicted molar refractivity (Wildman–Crippen MR) is 67.3 cm³/mol. The molecule has 0 amide bonds. The van der Waals surface area contributed by atoms with Crippen LogP contribution < -0.4 is 5.73 Å². The molecule has 3 nitrogen and oxygen atoms in total. The SMILES string of the molecule is CCN(CCC(C)(C)C(=N)N)CC(C)C. The van der Waals surface area contributed by atoms with Crippen LogP contribution in [0, 0.1) is 16.7 Å². The fourth-order valence-corrected chi connectivity index (χ4v) is 1.47. The number of hydrogen-bond acceptors (Lipinski definition) is 2. The highest BCUT2D eigenvalue weighted by molar-refractivity contribution is 5.82. The molecule has 0 saturated carbocycles. The van der Waals surface area contributed by atoms with Gasteiger partial charge in [-0.1, -0.05) is 34.6 Å². The number of nitrogens with zero attached hydrogens (tertiary/aromatic N) is 1. The van der Waals surface area contributed by atoms with Crippen molar-refractivity contribution in [2.24, 2.45) is 17.1 Å². The van der Waals surface area contributed by atoms with Gasteiger partial charge in [0, 0.05) is 12.0 Å². The van der Waals surface area contributed by atoms with Crippen molar-refractivity contribution < 1.29 is 0 Å². The highest BCUT2D eigenvalue weighted by Crippen LogP contribution is 2.20. The van der Waals surface area contributed by atoms with Gasteiger partial charge in [-0.15, -0.1) is 0 Å². The third kappa shape index (κ3) is 5.78. The molecule has 0 saturated heterocycles. The monoisotopic (exact) mass is 213 g/mol. The summed E-state index contributed by atoms with van der Waals surface area (Å²) in [5.41, 5.74) is 5.40. The second-order valence-corrected chi connectivity index (χ2v) is 5.33. The Labute approximate surface area is 94.5 Å². The van der Waals surface area contributed by atoms with Gasteiger partial charge in [-0.2, -0.15) is 0 Å². The summed E-state index contributed by atoms with van der Waals surface area (Å²) in [6.45, 7) is 14.0. The van der Waals surface area contributed by atoms with E-state index in [1.54, 1.807) is 0 Å². The van der Waals surface area contributed by atoms with E-state index in [2.05, 4.69) is 25.7 Å². The molecule has 0 aromatic rings. The molecule has 0 rings (SSSR count). The van der Waals surface area contributed by atoms with Crippen LogP contribution >= 0.6 is 0 Å². The van der Waals surface area contributed by atoms with Gasteiger partial charge in [-0.05, 0) is 25.4 Å². The summed E-state index contributed by atoms with van der Waals surface area (Å²) in [4.78, 5) is 2.43. The Kier molecular flexibility index (Phi) is 5.88. The van der Waals surface area contributed by atoms with Crippen molar-refractivity contribution in [1.29, 1.82) is 5.41 Å². The van der Waals surface area contributed by atoms with Crippen molar-refractivity contribution in [3.8, 4) is 0 Å². The molecule has 0 aliphatic rings. The smallest absolute Gasteiger partial charge is 0.0963 e. The van der Waals surface area contributed by atoms with Crippen LogP contribution in [0.4, 0.5) is 0 Å². The van der Waals surface area contributed by atoms with E-state index < -0.39 is 0 Å². The molecule has 0 fully saturated rings. The normalized spacial score (nSPS) is 12.5. The van der Waals surface area contributed by atoms with Crippen LogP contribution in [0.25, 0.3) is 0 Å². The minimum absolute atomic E-state index is 0.162. The Morgan fingerprint density at radius 2 is 1.93 bits per heavy atom. The van der Waals surface area contributed by atoms with E-state index in [-0.39, 0.29) is 5.41 Å². The van der Waals surface area contributed by atoms with Crippen molar-refractivity contribution in [3.63, 3.8) is 0 Å². The summed E-state index contributed by atoms with van der Waals surface area (Å²) in [6.07, 6.45) is 0.961. The van der Waals surface area contributed by atoms with Gasteiger partial charge >= 0.3 is 0 Å². The zero-order chi connectivity index (χ0) is 12.1. The van der Waals surface area contributed by atoms with Crippen LogP contribution in [-0.2, 0) is 0 Å². The summed E-state index contributed by atoms with van der Waals surface area (Å²) in [6, 6.07) is 0. The Balaban J connectivity index is 4.05. The van der Waals surface area contributed by atoms with Gasteiger partial charge in [0.25, 0.3) is 0 Å². The Hall–Kier alpha value is -0.570. The zero-order valence-corrected chi connectivity index (χ0v) is 10.9. The van der Waals surface area contributed by atoms with E-state index in [1.807, 2.05) is 13.8 Å². The average Bonchev–Trinajstić information content (AvgIpc) is 2.11. The Morgan fingerprint density at radius 1 is 1.40 bits per heavy atom. The lowest BCUT2D eigenvalue weighted by atomic mass is 9.88. The molecule has 0 unspecified atom stereocenters. The predicted octanol–water partition coefficient (Wildman–Crippen LogP) is 2.32. The summed E-state index contributed by atoms with van der Waals surface area (Å²) in [7, 11) is 0. The highest BCUT2D eigenvalue weighted by Gasteiger charge is 2.22. The number of rotatable bonds is 7. The molecule has 0 aliphatic carbocycles. The van der Waals surface area contributed by atoms with Crippen LogP contribution in [-0.4, -0.2) is 30.4 Å². The van der Waals surface area contributed by atoms with Gasteiger partial charge in [-0.3, -0.25) is 5.41 Å². The van der Waals surface area contributed by atoms with Gasteiger partial charge in [0.05, 0.1) is 5.84 Å². The fourth-order valence-electron chi connectivity index (χ4n) is 1.47. The first-order valence-corrected chi connectivity index (χ1v) is 5.86. The summed E-state index contributed by atoms with van der Waals surface area (Å²) in [5.74, 6) is 0.994. The van der Waals surface area contributed by atoms with E-state index in [9.17, 15) is 0 Å². The molecule has 3 heteroatoms. The minimum Gasteiger partial charge on any atom is -0.387 e. The van der Waals surface area contributed by atoms with Gasteiger partial charge in [-0.25, -0.2) is 0 Å². The Morgan fingerprint density at radius 3 is 2.27 bits per heavy atom. The van der Waals surface area contributed by atoms with E-state index in [0.717, 1.165) is 26.1 Å². The van der Waals surface area contributed by atoms with Crippen molar-refractivity contribution in [1.82, 2.24) is 4.90 Å². The topological polar surface area (TPSA) is 53.1 Å².